The van der Waals surface area contributed by atoms with E-state index in [1.165, 1.54) is 0 Å². The Kier molecular flexibility index (Phi) is 3.19. The molecule has 0 unspecified atom stereocenters. The zero-order valence-electron chi connectivity index (χ0n) is 9.34. The highest BCUT2D eigenvalue weighted by molar-refractivity contribution is 6.46. The zero-order chi connectivity index (χ0) is 14.0. The molecule has 2 amide bonds. The molecule has 0 atom stereocenters. The number of carbonyl (C=O) groups excluding carboxylic acids is 2. The average molecular weight is 266 g/mol. The van der Waals surface area contributed by atoms with Gasteiger partial charge in [0.2, 0.25) is 5.91 Å². The molecule has 0 saturated carbocycles. The zero-order valence-corrected chi connectivity index (χ0v) is 9.34. The molecule has 0 spiro atoms. The number of halogens is 1. The Morgan fingerprint density at radius 3 is 2.84 bits per heavy atom. The Balaban J connectivity index is 2.23. The van der Waals surface area contributed by atoms with Crippen LogP contribution in [0.15, 0.2) is 23.3 Å². The van der Waals surface area contributed by atoms with E-state index < -0.39 is 28.2 Å². The third-order valence-electron chi connectivity index (χ3n) is 2.31. The number of nitrogens with zero attached hydrogens (tertiary/aromatic N) is 2. The molecule has 0 fully saturated rings. The number of nitro benzene ring substituents is 1. The molecule has 19 heavy (non-hydrogen) atoms. The minimum absolute atomic E-state index is 0.122. The molecular formula is C10H7FN4O4. The lowest BCUT2D eigenvalue weighted by molar-refractivity contribution is -0.384. The van der Waals surface area contributed by atoms with Gasteiger partial charge in [-0.1, -0.05) is 0 Å². The molecule has 8 nitrogen and oxygen atoms in total. The maximum Gasteiger partial charge on any atom is 0.292 e. The van der Waals surface area contributed by atoms with Crippen molar-refractivity contribution in [2.45, 2.75) is 6.42 Å². The van der Waals surface area contributed by atoms with E-state index in [4.69, 9.17) is 0 Å². The largest absolute Gasteiger partial charge is 0.315 e. The predicted molar refractivity (Wildman–Crippen MR) is 61.9 cm³/mol. The summed E-state index contributed by atoms with van der Waals surface area (Å²) in [6.45, 7) is 0. The van der Waals surface area contributed by atoms with Crippen LogP contribution in [0.25, 0.3) is 0 Å². The van der Waals surface area contributed by atoms with Crippen LogP contribution in [-0.4, -0.2) is 22.4 Å². The van der Waals surface area contributed by atoms with Gasteiger partial charge in [0, 0.05) is 12.1 Å². The minimum Gasteiger partial charge on any atom is -0.315 e. The van der Waals surface area contributed by atoms with E-state index in [0.29, 0.717) is 0 Å². The van der Waals surface area contributed by atoms with Crippen molar-refractivity contribution < 1.29 is 18.9 Å². The summed E-state index contributed by atoms with van der Waals surface area (Å²) >= 11 is 0. The third-order valence-corrected chi connectivity index (χ3v) is 2.31. The number of amides is 2. The summed E-state index contributed by atoms with van der Waals surface area (Å²) in [5.41, 5.74) is 1.20. The smallest absolute Gasteiger partial charge is 0.292 e. The Morgan fingerprint density at radius 1 is 1.53 bits per heavy atom. The van der Waals surface area contributed by atoms with E-state index in [-0.39, 0.29) is 17.8 Å². The fourth-order valence-corrected chi connectivity index (χ4v) is 1.45. The maximum absolute atomic E-state index is 13.0. The van der Waals surface area contributed by atoms with Crippen molar-refractivity contribution in [3.63, 3.8) is 0 Å². The molecule has 0 bridgehead atoms. The van der Waals surface area contributed by atoms with Crippen molar-refractivity contribution in [3.05, 3.63) is 34.1 Å². The molecule has 0 radical (unpaired) electrons. The van der Waals surface area contributed by atoms with Crippen LogP contribution in [0, 0.1) is 15.9 Å². The molecule has 0 aromatic heterocycles. The second-order valence-electron chi connectivity index (χ2n) is 3.64. The fourth-order valence-electron chi connectivity index (χ4n) is 1.45. The SMILES string of the molecule is O=C1CC(C(=O)Nc2cc(F)ccc2[N+](=O)[O-])=NN1. The Labute approximate surface area is 105 Å². The van der Waals surface area contributed by atoms with Crippen molar-refractivity contribution in [2.24, 2.45) is 5.10 Å². The van der Waals surface area contributed by atoms with E-state index in [0.717, 1.165) is 18.2 Å². The summed E-state index contributed by atoms with van der Waals surface area (Å²) in [6.07, 6.45) is -0.227. The molecule has 98 valence electrons. The highest BCUT2D eigenvalue weighted by Crippen LogP contribution is 2.25. The van der Waals surface area contributed by atoms with Gasteiger partial charge in [0.25, 0.3) is 11.6 Å². The number of rotatable bonds is 3. The Morgan fingerprint density at radius 2 is 2.26 bits per heavy atom. The summed E-state index contributed by atoms with van der Waals surface area (Å²) in [6, 6.07) is 2.66. The molecule has 1 aliphatic rings. The molecule has 2 rings (SSSR count). The van der Waals surface area contributed by atoms with Crippen LogP contribution in [0.4, 0.5) is 15.8 Å². The van der Waals surface area contributed by atoms with Crippen molar-refractivity contribution >= 4 is 28.9 Å². The van der Waals surface area contributed by atoms with E-state index in [2.05, 4.69) is 15.8 Å². The van der Waals surface area contributed by atoms with E-state index in [1.54, 1.807) is 0 Å². The van der Waals surface area contributed by atoms with Crippen molar-refractivity contribution in [2.75, 3.05) is 5.32 Å². The van der Waals surface area contributed by atoms with Gasteiger partial charge >= 0.3 is 0 Å². The lowest BCUT2D eigenvalue weighted by atomic mass is 10.2. The van der Waals surface area contributed by atoms with Gasteiger partial charge in [0.15, 0.2) is 0 Å². The Hall–Kier alpha value is -2.84. The third kappa shape index (κ3) is 2.70. The fraction of sp³-hybridized carbons (Fsp3) is 0.100. The molecule has 2 N–H and O–H groups in total. The van der Waals surface area contributed by atoms with Crippen LogP contribution < -0.4 is 10.7 Å². The van der Waals surface area contributed by atoms with Gasteiger partial charge in [-0.15, -0.1) is 0 Å². The normalized spacial score (nSPS) is 13.7. The molecular weight excluding hydrogens is 259 g/mol. The van der Waals surface area contributed by atoms with Crippen LogP contribution in [0.5, 0.6) is 0 Å². The van der Waals surface area contributed by atoms with Crippen LogP contribution in [-0.2, 0) is 9.59 Å². The highest BCUT2D eigenvalue weighted by atomic mass is 19.1. The molecule has 0 aliphatic carbocycles. The second-order valence-corrected chi connectivity index (χ2v) is 3.64. The average Bonchev–Trinajstić information content (AvgIpc) is 2.75. The summed E-state index contributed by atoms with van der Waals surface area (Å²) < 4.78 is 13.0. The standard InChI is InChI=1S/C10H7FN4O4/c11-5-1-2-8(15(18)19)6(3-5)12-10(17)7-4-9(16)14-13-7/h1-3H,4H2,(H,12,17)(H,14,16). The van der Waals surface area contributed by atoms with E-state index in [9.17, 15) is 24.1 Å². The Bertz CT molecular complexity index is 614. The van der Waals surface area contributed by atoms with Gasteiger partial charge in [-0.2, -0.15) is 5.10 Å². The molecule has 1 aromatic rings. The van der Waals surface area contributed by atoms with Crippen LogP contribution in [0.2, 0.25) is 0 Å². The van der Waals surface area contributed by atoms with Gasteiger partial charge < -0.3 is 5.32 Å². The van der Waals surface area contributed by atoms with Crippen molar-refractivity contribution in [1.29, 1.82) is 0 Å². The number of anilines is 1. The van der Waals surface area contributed by atoms with E-state index >= 15 is 0 Å². The summed E-state index contributed by atoms with van der Waals surface area (Å²) in [5.74, 6) is -1.99. The van der Waals surface area contributed by atoms with Gasteiger partial charge in [0.05, 0.1) is 11.3 Å². The monoisotopic (exact) mass is 266 g/mol. The summed E-state index contributed by atoms with van der Waals surface area (Å²) in [4.78, 5) is 32.5. The van der Waals surface area contributed by atoms with Crippen LogP contribution in [0.1, 0.15) is 6.42 Å². The first kappa shape index (κ1) is 12.6. The summed E-state index contributed by atoms with van der Waals surface area (Å²) in [7, 11) is 0. The highest BCUT2D eigenvalue weighted by Gasteiger charge is 2.24. The number of hydrazone groups is 1. The lowest BCUT2D eigenvalue weighted by Crippen LogP contribution is -2.22. The maximum atomic E-state index is 13.0. The molecule has 0 saturated heterocycles. The molecule has 1 heterocycles. The topological polar surface area (TPSA) is 114 Å². The first-order valence-corrected chi connectivity index (χ1v) is 5.08. The van der Waals surface area contributed by atoms with Crippen LogP contribution in [0.3, 0.4) is 0 Å². The number of hydrogen-bond acceptors (Lipinski definition) is 5. The number of nitrogens with one attached hydrogen (secondary N) is 2. The van der Waals surface area contributed by atoms with Crippen molar-refractivity contribution in [3.8, 4) is 0 Å². The number of carbonyl (C=O) groups is 2. The molecule has 1 aromatic carbocycles. The first-order valence-electron chi connectivity index (χ1n) is 5.08. The number of nitro groups is 1. The first-order chi connectivity index (χ1) is 8.97. The van der Waals surface area contributed by atoms with Gasteiger partial charge in [-0.3, -0.25) is 19.7 Å². The number of hydrogen-bond donors (Lipinski definition) is 2. The van der Waals surface area contributed by atoms with Gasteiger partial charge in [0.1, 0.15) is 17.2 Å². The molecule has 9 heteroatoms. The van der Waals surface area contributed by atoms with Crippen LogP contribution >= 0.6 is 0 Å². The minimum atomic E-state index is -0.799. The van der Waals surface area contributed by atoms with Gasteiger partial charge in [-0.05, 0) is 6.07 Å². The molecule has 1 aliphatic heterocycles. The van der Waals surface area contributed by atoms with Gasteiger partial charge in [-0.25, -0.2) is 9.82 Å². The van der Waals surface area contributed by atoms with Crippen molar-refractivity contribution in [1.82, 2.24) is 5.43 Å². The number of benzene rings is 1. The second kappa shape index (κ2) is 4.80. The predicted octanol–water partition coefficient (Wildman–Crippen LogP) is 0.548. The lowest BCUT2D eigenvalue weighted by Gasteiger charge is -2.05. The van der Waals surface area contributed by atoms with E-state index in [1.807, 2.05) is 0 Å². The quantitative estimate of drug-likeness (QED) is 0.614. The summed E-state index contributed by atoms with van der Waals surface area (Å²) in [5, 5.41) is 16.3.